The van der Waals surface area contributed by atoms with Crippen LogP contribution in [0.15, 0.2) is 29.6 Å². The van der Waals surface area contributed by atoms with Crippen LogP contribution in [0.25, 0.3) is 0 Å². The van der Waals surface area contributed by atoms with Crippen molar-refractivity contribution in [3.63, 3.8) is 0 Å². The number of hydrogen-bond acceptors (Lipinski definition) is 5. The van der Waals surface area contributed by atoms with Gasteiger partial charge in [-0.3, -0.25) is 25.3 Å². The molecule has 1 aromatic carbocycles. The van der Waals surface area contributed by atoms with Crippen molar-refractivity contribution in [2.24, 2.45) is 0 Å². The topological polar surface area (TPSA) is 74.3 Å². The second-order valence-electron chi connectivity index (χ2n) is 7.69. The largest absolute Gasteiger partial charge is 0.287 e. The van der Waals surface area contributed by atoms with Crippen LogP contribution >= 0.6 is 11.3 Å². The van der Waals surface area contributed by atoms with E-state index in [1.807, 2.05) is 12.3 Å². The van der Waals surface area contributed by atoms with Gasteiger partial charge in [-0.25, -0.2) is 4.98 Å². The quantitative estimate of drug-likeness (QED) is 0.668. The van der Waals surface area contributed by atoms with Crippen molar-refractivity contribution < 1.29 is 9.59 Å². The third-order valence-electron chi connectivity index (χ3n) is 4.76. The molecule has 0 spiro atoms. The Bertz CT molecular complexity index is 812. The first kappa shape index (κ1) is 20.5. The fourth-order valence-corrected chi connectivity index (χ4v) is 3.80. The van der Waals surface area contributed by atoms with Crippen LogP contribution in [0.3, 0.4) is 0 Å². The SMILES string of the molecule is Cc1csc(CC(=O)NNC(=O)CN(Cc2ccc(C(C)C)cc2)C2CC2)n1. The first-order chi connectivity index (χ1) is 13.4. The molecule has 0 saturated heterocycles. The van der Waals surface area contributed by atoms with Gasteiger partial charge >= 0.3 is 0 Å². The van der Waals surface area contributed by atoms with E-state index in [1.54, 1.807) is 0 Å². The molecule has 0 atom stereocenters. The van der Waals surface area contributed by atoms with Crippen molar-refractivity contribution in [2.45, 2.75) is 58.5 Å². The van der Waals surface area contributed by atoms with E-state index in [9.17, 15) is 9.59 Å². The number of thiazole rings is 1. The number of rotatable bonds is 8. The Morgan fingerprint density at radius 2 is 1.86 bits per heavy atom. The standard InChI is InChI=1S/C21H28N4O2S/c1-14(2)17-6-4-16(5-7-17)11-25(18-8-9-18)12-20(27)24-23-19(26)10-21-22-15(3)13-28-21/h4-7,13-14,18H,8-12H2,1-3H3,(H,23,26)(H,24,27). The molecule has 28 heavy (non-hydrogen) atoms. The molecule has 0 unspecified atom stereocenters. The molecule has 1 aromatic heterocycles. The maximum atomic E-state index is 12.3. The highest BCUT2D eigenvalue weighted by Crippen LogP contribution is 2.28. The van der Waals surface area contributed by atoms with Crippen molar-refractivity contribution in [1.29, 1.82) is 0 Å². The molecule has 1 aliphatic rings. The number of carbonyl (C=O) groups excluding carboxylic acids is 2. The third kappa shape index (κ3) is 6.14. The average molecular weight is 401 g/mol. The Morgan fingerprint density at radius 3 is 2.43 bits per heavy atom. The molecular formula is C21H28N4O2S. The van der Waals surface area contributed by atoms with Gasteiger partial charge in [0.05, 0.1) is 13.0 Å². The smallest absolute Gasteiger partial charge is 0.252 e. The van der Waals surface area contributed by atoms with Crippen molar-refractivity contribution >= 4 is 23.2 Å². The Morgan fingerprint density at radius 1 is 1.18 bits per heavy atom. The molecule has 2 aromatic rings. The first-order valence-corrected chi connectivity index (χ1v) is 10.6. The highest BCUT2D eigenvalue weighted by molar-refractivity contribution is 7.09. The summed E-state index contributed by atoms with van der Waals surface area (Å²) < 4.78 is 0. The maximum absolute atomic E-state index is 12.3. The van der Waals surface area contributed by atoms with Gasteiger partial charge in [0.15, 0.2) is 0 Å². The van der Waals surface area contributed by atoms with Gasteiger partial charge < -0.3 is 0 Å². The molecule has 2 N–H and O–H groups in total. The van der Waals surface area contributed by atoms with Crippen LogP contribution in [0.1, 0.15) is 54.4 Å². The number of hydrazine groups is 1. The molecule has 3 rings (SSSR count). The summed E-state index contributed by atoms with van der Waals surface area (Å²) in [5.41, 5.74) is 8.44. The lowest BCUT2D eigenvalue weighted by Gasteiger charge is -2.22. The number of benzene rings is 1. The van der Waals surface area contributed by atoms with E-state index in [2.05, 4.69) is 58.8 Å². The van der Waals surface area contributed by atoms with E-state index in [0.717, 1.165) is 30.1 Å². The highest BCUT2D eigenvalue weighted by Gasteiger charge is 2.30. The van der Waals surface area contributed by atoms with Crippen LogP contribution in [-0.4, -0.2) is 34.3 Å². The third-order valence-corrected chi connectivity index (χ3v) is 5.73. The highest BCUT2D eigenvalue weighted by atomic mass is 32.1. The van der Waals surface area contributed by atoms with Gasteiger partial charge in [0, 0.05) is 23.7 Å². The molecule has 1 heterocycles. The maximum Gasteiger partial charge on any atom is 0.252 e. The van der Waals surface area contributed by atoms with Gasteiger partial charge in [-0.2, -0.15) is 0 Å². The Kier molecular flexibility index (Phi) is 6.80. The lowest BCUT2D eigenvalue weighted by molar-refractivity contribution is -0.129. The minimum atomic E-state index is -0.259. The minimum Gasteiger partial charge on any atom is -0.287 e. The van der Waals surface area contributed by atoms with Gasteiger partial charge in [0.1, 0.15) is 5.01 Å². The fourth-order valence-electron chi connectivity index (χ4n) is 3.03. The van der Waals surface area contributed by atoms with E-state index in [0.29, 0.717) is 12.0 Å². The molecule has 2 amide bonds. The van der Waals surface area contributed by atoms with Crippen molar-refractivity contribution in [3.8, 4) is 0 Å². The number of amides is 2. The van der Waals surface area contributed by atoms with Gasteiger partial charge in [0.25, 0.3) is 5.91 Å². The predicted molar refractivity (Wildman–Crippen MR) is 111 cm³/mol. The zero-order valence-electron chi connectivity index (χ0n) is 16.7. The zero-order valence-corrected chi connectivity index (χ0v) is 17.5. The monoisotopic (exact) mass is 400 g/mol. The van der Waals surface area contributed by atoms with E-state index in [-0.39, 0.29) is 24.8 Å². The fraction of sp³-hybridized carbons (Fsp3) is 0.476. The lowest BCUT2D eigenvalue weighted by atomic mass is 10.0. The summed E-state index contributed by atoms with van der Waals surface area (Å²) in [6.07, 6.45) is 2.41. The molecule has 1 aliphatic carbocycles. The zero-order chi connectivity index (χ0) is 20.1. The number of hydrogen-bond donors (Lipinski definition) is 2. The Balaban J connectivity index is 1.47. The number of nitrogens with one attached hydrogen (secondary N) is 2. The van der Waals surface area contributed by atoms with E-state index in [4.69, 9.17) is 0 Å². The van der Waals surface area contributed by atoms with Gasteiger partial charge in [-0.1, -0.05) is 38.1 Å². The molecule has 0 aliphatic heterocycles. The summed E-state index contributed by atoms with van der Waals surface area (Å²) in [7, 11) is 0. The predicted octanol–water partition coefficient (Wildman–Crippen LogP) is 2.93. The molecule has 1 fully saturated rings. The van der Waals surface area contributed by atoms with Crippen LogP contribution < -0.4 is 10.9 Å². The summed E-state index contributed by atoms with van der Waals surface area (Å²) in [5.74, 6) is 0.0515. The summed E-state index contributed by atoms with van der Waals surface area (Å²) in [5, 5.41) is 2.65. The van der Waals surface area contributed by atoms with Crippen LogP contribution in [0, 0.1) is 6.92 Å². The van der Waals surface area contributed by atoms with Crippen LogP contribution in [0.5, 0.6) is 0 Å². The molecule has 0 radical (unpaired) electrons. The summed E-state index contributed by atoms with van der Waals surface area (Å²) >= 11 is 1.45. The summed E-state index contributed by atoms with van der Waals surface area (Å²) in [4.78, 5) is 30.7. The van der Waals surface area contributed by atoms with E-state index >= 15 is 0 Å². The number of aromatic nitrogens is 1. The Labute approximate surface area is 170 Å². The lowest BCUT2D eigenvalue weighted by Crippen LogP contribution is -2.47. The molecule has 0 bridgehead atoms. The average Bonchev–Trinajstić information content (AvgIpc) is 3.43. The number of nitrogens with zero attached hydrogens (tertiary/aromatic N) is 2. The van der Waals surface area contributed by atoms with E-state index in [1.165, 1.54) is 22.5 Å². The molecular weight excluding hydrogens is 372 g/mol. The van der Waals surface area contributed by atoms with Crippen molar-refractivity contribution in [3.05, 3.63) is 51.5 Å². The van der Waals surface area contributed by atoms with Gasteiger partial charge in [0.2, 0.25) is 5.91 Å². The molecule has 7 heteroatoms. The van der Waals surface area contributed by atoms with Gasteiger partial charge in [-0.15, -0.1) is 11.3 Å². The second-order valence-corrected chi connectivity index (χ2v) is 8.63. The van der Waals surface area contributed by atoms with Crippen LogP contribution in [0.2, 0.25) is 0 Å². The molecule has 1 saturated carbocycles. The number of carbonyl (C=O) groups is 2. The number of aryl methyl sites for hydroxylation is 1. The van der Waals surface area contributed by atoms with Crippen molar-refractivity contribution in [1.82, 2.24) is 20.7 Å². The minimum absolute atomic E-state index is 0.174. The summed E-state index contributed by atoms with van der Waals surface area (Å²) in [6, 6.07) is 9.04. The van der Waals surface area contributed by atoms with Gasteiger partial charge in [-0.05, 0) is 36.8 Å². The summed E-state index contributed by atoms with van der Waals surface area (Å²) in [6.45, 7) is 7.26. The Hall–Kier alpha value is -2.25. The van der Waals surface area contributed by atoms with E-state index < -0.39 is 0 Å². The first-order valence-electron chi connectivity index (χ1n) is 9.72. The normalized spacial score (nSPS) is 13.8. The van der Waals surface area contributed by atoms with Crippen LogP contribution in [-0.2, 0) is 22.6 Å². The molecule has 150 valence electrons. The second kappa shape index (κ2) is 9.30. The van der Waals surface area contributed by atoms with Crippen LogP contribution in [0.4, 0.5) is 0 Å². The molecule has 6 nitrogen and oxygen atoms in total. The van der Waals surface area contributed by atoms with Crippen molar-refractivity contribution in [2.75, 3.05) is 6.54 Å².